The molecule has 2 aliphatic heterocycles. The third-order valence-corrected chi connectivity index (χ3v) is 5.28. The Balaban J connectivity index is 1.61. The highest BCUT2D eigenvalue weighted by Gasteiger charge is 2.30. The Morgan fingerprint density at radius 1 is 1.28 bits per heavy atom. The zero-order valence-corrected chi connectivity index (χ0v) is 15.0. The van der Waals surface area contributed by atoms with Gasteiger partial charge in [0.1, 0.15) is 0 Å². The summed E-state index contributed by atoms with van der Waals surface area (Å²) in [6, 6.07) is 8.05. The van der Waals surface area contributed by atoms with Gasteiger partial charge in [-0.3, -0.25) is 9.59 Å². The van der Waals surface area contributed by atoms with Gasteiger partial charge in [0, 0.05) is 32.7 Å². The van der Waals surface area contributed by atoms with Crippen molar-refractivity contribution < 1.29 is 14.3 Å². The van der Waals surface area contributed by atoms with Gasteiger partial charge in [0.05, 0.1) is 12.0 Å². The molecule has 0 aromatic heterocycles. The molecule has 2 unspecified atom stereocenters. The van der Waals surface area contributed by atoms with E-state index in [0.29, 0.717) is 19.5 Å². The van der Waals surface area contributed by atoms with Crippen LogP contribution in [0.15, 0.2) is 24.3 Å². The van der Waals surface area contributed by atoms with Crippen molar-refractivity contribution >= 4 is 11.8 Å². The predicted molar refractivity (Wildman–Crippen MR) is 95.7 cm³/mol. The second-order valence-electron chi connectivity index (χ2n) is 6.97. The van der Waals surface area contributed by atoms with Gasteiger partial charge >= 0.3 is 0 Å². The third kappa shape index (κ3) is 4.40. The number of nitrogens with zero attached hydrogens (tertiary/aromatic N) is 1. The maximum atomic E-state index is 12.6. The van der Waals surface area contributed by atoms with Gasteiger partial charge in [-0.05, 0) is 36.8 Å². The average molecular weight is 344 g/mol. The number of amides is 2. The molecule has 2 atom stereocenters. The number of carbonyl (C=O) groups is 2. The minimum absolute atomic E-state index is 0.0335. The second kappa shape index (κ2) is 8.48. The van der Waals surface area contributed by atoms with E-state index in [2.05, 4.69) is 12.2 Å². The molecule has 2 heterocycles. The summed E-state index contributed by atoms with van der Waals surface area (Å²) in [5, 5.41) is 3.09. The highest BCUT2D eigenvalue weighted by atomic mass is 16.5. The first-order chi connectivity index (χ1) is 12.2. The first kappa shape index (κ1) is 17.9. The van der Waals surface area contributed by atoms with Crippen LogP contribution in [0.25, 0.3) is 0 Å². The second-order valence-corrected chi connectivity index (χ2v) is 6.97. The maximum Gasteiger partial charge on any atom is 0.225 e. The fraction of sp³-hybridized carbons (Fsp3) is 0.600. The molecule has 5 nitrogen and oxygen atoms in total. The molecule has 2 fully saturated rings. The van der Waals surface area contributed by atoms with E-state index in [4.69, 9.17) is 4.74 Å². The fourth-order valence-corrected chi connectivity index (χ4v) is 3.82. The Labute approximate surface area is 149 Å². The number of likely N-dealkylation sites (tertiary alicyclic amines) is 1. The molecular weight excluding hydrogens is 316 g/mol. The lowest BCUT2D eigenvalue weighted by molar-refractivity contribution is -0.134. The summed E-state index contributed by atoms with van der Waals surface area (Å²) < 4.78 is 5.73. The number of hydrogen-bond acceptors (Lipinski definition) is 3. The minimum Gasteiger partial charge on any atom is -0.377 e. The van der Waals surface area contributed by atoms with E-state index < -0.39 is 0 Å². The van der Waals surface area contributed by atoms with Crippen LogP contribution < -0.4 is 5.32 Å². The normalized spacial score (nSPS) is 23.7. The summed E-state index contributed by atoms with van der Waals surface area (Å²) in [6.07, 6.45) is 4.34. The van der Waals surface area contributed by atoms with E-state index in [1.54, 1.807) is 0 Å². The van der Waals surface area contributed by atoms with E-state index in [9.17, 15) is 9.59 Å². The van der Waals surface area contributed by atoms with Crippen LogP contribution in [-0.2, 0) is 27.4 Å². The third-order valence-electron chi connectivity index (χ3n) is 5.28. The minimum atomic E-state index is -0.0499. The van der Waals surface area contributed by atoms with Gasteiger partial charge in [0.15, 0.2) is 0 Å². The Morgan fingerprint density at radius 3 is 2.80 bits per heavy atom. The van der Waals surface area contributed by atoms with Crippen LogP contribution in [0.2, 0.25) is 0 Å². The highest BCUT2D eigenvalue weighted by molar-refractivity contribution is 5.79. The summed E-state index contributed by atoms with van der Waals surface area (Å²) >= 11 is 0. The number of carbonyl (C=O) groups excluding carboxylic acids is 2. The molecule has 5 heteroatoms. The largest absolute Gasteiger partial charge is 0.377 e. The van der Waals surface area contributed by atoms with Crippen molar-refractivity contribution in [3.63, 3.8) is 0 Å². The van der Waals surface area contributed by atoms with Crippen molar-refractivity contribution in [2.45, 2.75) is 58.2 Å². The van der Waals surface area contributed by atoms with Crippen molar-refractivity contribution in [1.82, 2.24) is 10.2 Å². The highest BCUT2D eigenvalue weighted by Crippen LogP contribution is 2.24. The van der Waals surface area contributed by atoms with Crippen molar-refractivity contribution in [2.75, 3.05) is 13.2 Å². The van der Waals surface area contributed by atoms with Gasteiger partial charge in [-0.25, -0.2) is 0 Å². The van der Waals surface area contributed by atoms with Crippen LogP contribution in [0.4, 0.5) is 0 Å². The number of ether oxygens (including phenoxy) is 1. The molecule has 0 saturated carbocycles. The first-order valence-electron chi connectivity index (χ1n) is 9.43. The molecule has 0 radical (unpaired) electrons. The summed E-state index contributed by atoms with van der Waals surface area (Å²) in [5.41, 5.74) is 2.20. The molecular formula is C20H28N2O3. The maximum absolute atomic E-state index is 12.6. The van der Waals surface area contributed by atoms with Crippen LogP contribution in [-0.4, -0.2) is 36.0 Å². The summed E-state index contributed by atoms with van der Waals surface area (Å²) in [5.74, 6) is 0.258. The topological polar surface area (TPSA) is 58.6 Å². The molecule has 0 bridgehead atoms. The fourth-order valence-electron chi connectivity index (χ4n) is 3.82. The van der Waals surface area contributed by atoms with Crippen molar-refractivity contribution in [3.05, 3.63) is 35.4 Å². The van der Waals surface area contributed by atoms with Gasteiger partial charge in [-0.2, -0.15) is 0 Å². The number of nitrogens with one attached hydrogen (secondary N) is 1. The van der Waals surface area contributed by atoms with E-state index in [1.165, 1.54) is 0 Å². The predicted octanol–water partition coefficient (Wildman–Crippen LogP) is 2.63. The van der Waals surface area contributed by atoms with E-state index in [0.717, 1.165) is 50.0 Å². The number of hydrogen-bond donors (Lipinski definition) is 1. The molecule has 0 aliphatic carbocycles. The zero-order chi connectivity index (χ0) is 17.6. The number of rotatable bonds is 6. The lowest BCUT2D eigenvalue weighted by Gasteiger charge is -2.30. The Kier molecular flexibility index (Phi) is 6.08. The summed E-state index contributed by atoms with van der Waals surface area (Å²) in [7, 11) is 0. The molecule has 3 rings (SSSR count). The smallest absolute Gasteiger partial charge is 0.225 e. The lowest BCUT2D eigenvalue weighted by atomic mass is 9.91. The van der Waals surface area contributed by atoms with Crippen molar-refractivity contribution in [1.29, 1.82) is 0 Å². The van der Waals surface area contributed by atoms with Crippen LogP contribution in [0.5, 0.6) is 0 Å². The quantitative estimate of drug-likeness (QED) is 0.863. The number of benzene rings is 1. The summed E-state index contributed by atoms with van der Waals surface area (Å²) in [6.45, 7) is 4.80. The Bertz CT molecular complexity index is 617. The van der Waals surface area contributed by atoms with E-state index >= 15 is 0 Å². The van der Waals surface area contributed by atoms with Gasteiger partial charge in [0.2, 0.25) is 11.8 Å². The Hall–Kier alpha value is -1.88. The van der Waals surface area contributed by atoms with Crippen LogP contribution in [0.1, 0.15) is 50.2 Å². The van der Waals surface area contributed by atoms with Gasteiger partial charge in [-0.1, -0.05) is 31.2 Å². The molecule has 25 heavy (non-hydrogen) atoms. The monoisotopic (exact) mass is 344 g/mol. The van der Waals surface area contributed by atoms with Crippen LogP contribution in [0.3, 0.4) is 0 Å². The van der Waals surface area contributed by atoms with Crippen LogP contribution >= 0.6 is 0 Å². The lowest BCUT2D eigenvalue weighted by Crippen LogP contribution is -2.41. The molecule has 2 amide bonds. The molecule has 0 spiro atoms. The van der Waals surface area contributed by atoms with Crippen LogP contribution in [0, 0.1) is 5.92 Å². The van der Waals surface area contributed by atoms with Gasteiger partial charge in [0.25, 0.3) is 0 Å². The molecule has 136 valence electrons. The SMILES string of the molecule is CCC1OCCCC1C(=O)NCc1ccccc1CN1CCCC1=O. The molecule has 1 aromatic carbocycles. The van der Waals surface area contributed by atoms with Gasteiger partial charge in [-0.15, -0.1) is 0 Å². The molecule has 1 aromatic rings. The van der Waals surface area contributed by atoms with Crippen molar-refractivity contribution in [2.24, 2.45) is 5.92 Å². The van der Waals surface area contributed by atoms with Gasteiger partial charge < -0.3 is 15.0 Å². The molecule has 2 aliphatic rings. The molecule has 1 N–H and O–H groups in total. The Morgan fingerprint density at radius 2 is 2.08 bits per heavy atom. The van der Waals surface area contributed by atoms with Crippen molar-refractivity contribution in [3.8, 4) is 0 Å². The van der Waals surface area contributed by atoms with E-state index in [1.807, 2.05) is 29.2 Å². The zero-order valence-electron chi connectivity index (χ0n) is 15.0. The average Bonchev–Trinajstić information content (AvgIpc) is 3.05. The summed E-state index contributed by atoms with van der Waals surface area (Å²) in [4.78, 5) is 26.4. The standard InChI is InChI=1S/C20H28N2O3/c1-2-18-17(9-6-12-25-18)20(24)21-13-15-7-3-4-8-16(15)14-22-11-5-10-19(22)23/h3-4,7-8,17-18H,2,5-6,9-14H2,1H3,(H,21,24). The first-order valence-corrected chi connectivity index (χ1v) is 9.43. The van der Waals surface area contributed by atoms with E-state index in [-0.39, 0.29) is 23.8 Å². The molecule has 2 saturated heterocycles.